The summed E-state index contributed by atoms with van der Waals surface area (Å²) in [5, 5.41) is 5.50. The minimum Gasteiger partial charge on any atom is -0.495 e. The molecule has 0 fully saturated rings. The number of hydrogen-bond donors (Lipinski definition) is 2. The second-order valence-electron chi connectivity index (χ2n) is 5.66. The summed E-state index contributed by atoms with van der Waals surface area (Å²) in [6.07, 6.45) is 1.42. The summed E-state index contributed by atoms with van der Waals surface area (Å²) in [6, 6.07) is 13.2. The minimum atomic E-state index is -0.379. The van der Waals surface area contributed by atoms with E-state index >= 15 is 0 Å². The number of amides is 2. The van der Waals surface area contributed by atoms with Crippen molar-refractivity contribution in [2.75, 3.05) is 24.9 Å². The number of carbonyl (C=O) groups is 2. The number of halogens is 1. The lowest BCUT2D eigenvalue weighted by Gasteiger charge is -2.12. The molecule has 28 heavy (non-hydrogen) atoms. The molecule has 1 aromatic heterocycles. The molecule has 8 heteroatoms. The number of nitrogens with one attached hydrogen (secondary N) is 2. The highest BCUT2D eigenvalue weighted by Crippen LogP contribution is 2.35. The van der Waals surface area contributed by atoms with E-state index in [1.165, 1.54) is 20.5 Å². The second-order valence-corrected chi connectivity index (χ2v) is 6.45. The van der Waals surface area contributed by atoms with Crippen LogP contribution in [0.1, 0.15) is 20.9 Å². The van der Waals surface area contributed by atoms with Crippen LogP contribution in [0.4, 0.5) is 11.4 Å². The molecule has 2 aromatic carbocycles. The highest BCUT2D eigenvalue weighted by atomic mass is 79.9. The van der Waals surface area contributed by atoms with Crippen LogP contribution in [0.15, 0.2) is 63.7 Å². The van der Waals surface area contributed by atoms with Crippen LogP contribution < -0.4 is 20.1 Å². The molecule has 2 amide bonds. The van der Waals surface area contributed by atoms with E-state index < -0.39 is 0 Å². The van der Waals surface area contributed by atoms with Crippen molar-refractivity contribution < 1.29 is 23.5 Å². The zero-order valence-corrected chi connectivity index (χ0v) is 16.7. The summed E-state index contributed by atoms with van der Waals surface area (Å²) in [7, 11) is 3.01. The predicted octanol–water partition coefficient (Wildman–Crippen LogP) is 4.56. The molecule has 1 heterocycles. The second kappa shape index (κ2) is 8.62. The SMILES string of the molecule is COc1cc(C(=O)Nc2cccc(NC(=O)c3ccco3)c2)cc(OC)c1Br. The van der Waals surface area contributed by atoms with Gasteiger partial charge in [0.05, 0.1) is 20.5 Å². The van der Waals surface area contributed by atoms with Crippen LogP contribution >= 0.6 is 15.9 Å². The van der Waals surface area contributed by atoms with Gasteiger partial charge in [0, 0.05) is 16.9 Å². The molecule has 2 N–H and O–H groups in total. The molecular formula is C20H17BrN2O5. The number of benzene rings is 2. The number of hydrogen-bond acceptors (Lipinski definition) is 5. The summed E-state index contributed by atoms with van der Waals surface area (Å²) < 4.78 is 16.2. The van der Waals surface area contributed by atoms with Crippen LogP contribution in [0.3, 0.4) is 0 Å². The topological polar surface area (TPSA) is 89.8 Å². The Morgan fingerprint density at radius 2 is 1.50 bits per heavy atom. The number of ether oxygens (including phenoxy) is 2. The van der Waals surface area contributed by atoms with Gasteiger partial charge < -0.3 is 24.5 Å². The maximum Gasteiger partial charge on any atom is 0.291 e. The van der Waals surface area contributed by atoms with Gasteiger partial charge in [0.15, 0.2) is 5.76 Å². The van der Waals surface area contributed by atoms with E-state index in [1.807, 2.05) is 0 Å². The average Bonchev–Trinajstić information content (AvgIpc) is 3.23. The van der Waals surface area contributed by atoms with Crippen LogP contribution in [-0.4, -0.2) is 26.0 Å². The van der Waals surface area contributed by atoms with Crippen LogP contribution in [0.2, 0.25) is 0 Å². The molecule has 7 nitrogen and oxygen atoms in total. The molecule has 0 radical (unpaired) electrons. The molecule has 0 saturated heterocycles. The van der Waals surface area contributed by atoms with Gasteiger partial charge in [0.25, 0.3) is 11.8 Å². The van der Waals surface area contributed by atoms with Gasteiger partial charge in [-0.05, 0) is 58.4 Å². The van der Waals surface area contributed by atoms with Crippen molar-refractivity contribution in [3.05, 3.63) is 70.6 Å². The van der Waals surface area contributed by atoms with Crippen molar-refractivity contribution in [3.8, 4) is 11.5 Å². The maximum atomic E-state index is 12.6. The van der Waals surface area contributed by atoms with Crippen LogP contribution in [0, 0.1) is 0 Å². The number of carbonyl (C=O) groups excluding carboxylic acids is 2. The van der Waals surface area contributed by atoms with Crippen LogP contribution in [-0.2, 0) is 0 Å². The fourth-order valence-corrected chi connectivity index (χ4v) is 3.03. The van der Waals surface area contributed by atoms with Gasteiger partial charge in [0.1, 0.15) is 16.0 Å². The minimum absolute atomic E-state index is 0.198. The lowest BCUT2D eigenvalue weighted by molar-refractivity contribution is 0.0995. The summed E-state index contributed by atoms with van der Waals surface area (Å²) in [5.41, 5.74) is 1.40. The summed E-state index contributed by atoms with van der Waals surface area (Å²) in [4.78, 5) is 24.7. The van der Waals surface area contributed by atoms with Gasteiger partial charge in [-0.15, -0.1) is 0 Å². The maximum absolute atomic E-state index is 12.6. The Labute approximate surface area is 169 Å². The number of furan rings is 1. The van der Waals surface area contributed by atoms with E-state index in [1.54, 1.807) is 48.5 Å². The molecule has 144 valence electrons. The zero-order chi connectivity index (χ0) is 20.1. The molecule has 0 spiro atoms. The Morgan fingerprint density at radius 1 is 0.893 bits per heavy atom. The fourth-order valence-electron chi connectivity index (χ4n) is 2.48. The normalized spacial score (nSPS) is 10.2. The van der Waals surface area contributed by atoms with E-state index in [9.17, 15) is 9.59 Å². The monoisotopic (exact) mass is 444 g/mol. The Balaban J connectivity index is 1.77. The van der Waals surface area contributed by atoms with E-state index in [0.29, 0.717) is 32.9 Å². The van der Waals surface area contributed by atoms with Crippen LogP contribution in [0.25, 0.3) is 0 Å². The van der Waals surface area contributed by atoms with E-state index in [-0.39, 0.29) is 17.6 Å². The van der Waals surface area contributed by atoms with E-state index in [0.717, 1.165) is 0 Å². The standard InChI is InChI=1S/C20H17BrN2O5/c1-26-16-9-12(10-17(27-2)18(16)21)19(24)22-13-5-3-6-14(11-13)23-20(25)15-7-4-8-28-15/h3-11H,1-2H3,(H,22,24)(H,23,25). The molecular weight excluding hydrogens is 428 g/mol. The number of rotatable bonds is 6. The zero-order valence-electron chi connectivity index (χ0n) is 15.1. The first-order valence-electron chi connectivity index (χ1n) is 8.19. The highest BCUT2D eigenvalue weighted by molar-refractivity contribution is 9.10. The Kier molecular flexibility index (Phi) is 6.00. The van der Waals surface area contributed by atoms with Gasteiger partial charge >= 0.3 is 0 Å². The Hall–Kier alpha value is -3.26. The largest absolute Gasteiger partial charge is 0.495 e. The number of anilines is 2. The molecule has 0 atom stereocenters. The van der Waals surface area contributed by atoms with Gasteiger partial charge in [-0.2, -0.15) is 0 Å². The van der Waals surface area contributed by atoms with Crippen molar-refractivity contribution in [3.63, 3.8) is 0 Å². The highest BCUT2D eigenvalue weighted by Gasteiger charge is 2.15. The third-order valence-electron chi connectivity index (χ3n) is 3.83. The van der Waals surface area contributed by atoms with Crippen molar-refractivity contribution >= 4 is 39.1 Å². The lowest BCUT2D eigenvalue weighted by atomic mass is 10.1. The third-order valence-corrected chi connectivity index (χ3v) is 4.61. The van der Waals surface area contributed by atoms with E-state index in [4.69, 9.17) is 13.9 Å². The molecule has 0 aliphatic heterocycles. The number of methoxy groups -OCH3 is 2. The molecule has 0 aliphatic carbocycles. The quantitative estimate of drug-likeness (QED) is 0.581. The van der Waals surface area contributed by atoms with Crippen molar-refractivity contribution in [1.82, 2.24) is 0 Å². The summed E-state index contributed by atoms with van der Waals surface area (Å²) >= 11 is 3.37. The Bertz CT molecular complexity index is 977. The van der Waals surface area contributed by atoms with Crippen LogP contribution in [0.5, 0.6) is 11.5 Å². The van der Waals surface area contributed by atoms with Gasteiger partial charge in [-0.3, -0.25) is 9.59 Å². The summed E-state index contributed by atoms with van der Waals surface area (Å²) in [6.45, 7) is 0. The predicted molar refractivity (Wildman–Crippen MR) is 108 cm³/mol. The Morgan fingerprint density at radius 3 is 2.04 bits per heavy atom. The summed E-state index contributed by atoms with van der Waals surface area (Å²) in [5.74, 6) is 0.422. The van der Waals surface area contributed by atoms with Crippen molar-refractivity contribution in [1.29, 1.82) is 0 Å². The molecule has 3 rings (SSSR count). The molecule has 0 bridgehead atoms. The van der Waals surface area contributed by atoms with Crippen molar-refractivity contribution in [2.24, 2.45) is 0 Å². The first-order chi connectivity index (χ1) is 13.5. The average molecular weight is 445 g/mol. The fraction of sp³-hybridized carbons (Fsp3) is 0.100. The van der Waals surface area contributed by atoms with Gasteiger partial charge in [-0.25, -0.2) is 0 Å². The lowest BCUT2D eigenvalue weighted by Crippen LogP contribution is -2.14. The van der Waals surface area contributed by atoms with E-state index in [2.05, 4.69) is 26.6 Å². The third kappa shape index (κ3) is 4.34. The molecule has 0 aliphatic rings. The first-order valence-corrected chi connectivity index (χ1v) is 8.99. The smallest absolute Gasteiger partial charge is 0.291 e. The molecule has 0 unspecified atom stereocenters. The van der Waals surface area contributed by atoms with Crippen molar-refractivity contribution in [2.45, 2.75) is 0 Å². The van der Waals surface area contributed by atoms with Gasteiger partial charge in [-0.1, -0.05) is 6.07 Å². The first kappa shape index (κ1) is 19.5. The molecule has 0 saturated carbocycles. The van der Waals surface area contributed by atoms with Gasteiger partial charge in [0.2, 0.25) is 0 Å². The molecule has 3 aromatic rings.